The number of nitrogens with one attached hydrogen (secondary N) is 2. The zero-order valence-electron chi connectivity index (χ0n) is 11.2. The van der Waals surface area contributed by atoms with E-state index in [4.69, 9.17) is 0 Å². The third kappa shape index (κ3) is 3.32. The van der Waals surface area contributed by atoms with E-state index in [9.17, 15) is 12.8 Å². The molecule has 0 unspecified atom stereocenters. The van der Waals surface area contributed by atoms with Crippen LogP contribution in [0.4, 0.5) is 4.39 Å². The lowest BCUT2D eigenvalue weighted by Gasteiger charge is -2.24. The number of hydrogen-bond donors (Lipinski definition) is 2. The van der Waals surface area contributed by atoms with Gasteiger partial charge in [0.25, 0.3) is 0 Å². The lowest BCUT2D eigenvalue weighted by atomic mass is 10.1. The minimum absolute atomic E-state index is 0.0948. The average Bonchev–Trinajstić information content (AvgIpc) is 2.27. The van der Waals surface area contributed by atoms with E-state index >= 15 is 0 Å². The van der Waals surface area contributed by atoms with Crippen molar-refractivity contribution in [3.63, 3.8) is 0 Å². The fraction of sp³-hybridized carbons (Fsp3) is 0.538. The van der Waals surface area contributed by atoms with Crippen molar-refractivity contribution in [2.24, 2.45) is 0 Å². The Morgan fingerprint density at radius 2 is 1.95 bits per heavy atom. The SMILES string of the molecule is Cc1cc(F)cc(C)c1S(=O)(=O)N[C@@H]1CCCNC1. The number of piperidine rings is 1. The fourth-order valence-electron chi connectivity index (χ4n) is 2.55. The molecule has 0 aromatic heterocycles. The summed E-state index contributed by atoms with van der Waals surface area (Å²) in [5, 5.41) is 3.16. The van der Waals surface area contributed by atoms with Crippen molar-refractivity contribution >= 4 is 10.0 Å². The molecule has 2 rings (SSSR count). The van der Waals surface area contributed by atoms with E-state index in [2.05, 4.69) is 10.0 Å². The van der Waals surface area contributed by atoms with E-state index in [1.54, 1.807) is 13.8 Å². The van der Waals surface area contributed by atoms with Gasteiger partial charge in [0.1, 0.15) is 5.82 Å². The van der Waals surface area contributed by atoms with E-state index in [0.717, 1.165) is 19.4 Å². The smallest absolute Gasteiger partial charge is 0.241 e. The van der Waals surface area contributed by atoms with Gasteiger partial charge < -0.3 is 5.32 Å². The molecule has 0 amide bonds. The highest BCUT2D eigenvalue weighted by molar-refractivity contribution is 7.89. The second-order valence-corrected chi connectivity index (χ2v) is 6.68. The van der Waals surface area contributed by atoms with Crippen molar-refractivity contribution in [2.45, 2.75) is 37.6 Å². The molecule has 0 bridgehead atoms. The summed E-state index contributed by atoms with van der Waals surface area (Å²) in [7, 11) is -3.59. The number of halogens is 1. The maximum absolute atomic E-state index is 13.2. The van der Waals surface area contributed by atoms with Gasteiger partial charge in [-0.3, -0.25) is 0 Å². The predicted octanol–water partition coefficient (Wildman–Crippen LogP) is 1.47. The van der Waals surface area contributed by atoms with Crippen molar-refractivity contribution in [1.82, 2.24) is 10.0 Å². The van der Waals surface area contributed by atoms with Crippen LogP contribution in [0.2, 0.25) is 0 Å². The van der Waals surface area contributed by atoms with Gasteiger partial charge in [-0.2, -0.15) is 0 Å². The minimum Gasteiger partial charge on any atom is -0.315 e. The molecule has 1 fully saturated rings. The second-order valence-electron chi connectivity index (χ2n) is 5.03. The van der Waals surface area contributed by atoms with Crippen LogP contribution in [0, 0.1) is 19.7 Å². The first-order chi connectivity index (χ1) is 8.90. The normalized spacial score (nSPS) is 20.5. The molecule has 1 atom stereocenters. The minimum atomic E-state index is -3.59. The van der Waals surface area contributed by atoms with Crippen molar-refractivity contribution in [3.05, 3.63) is 29.1 Å². The van der Waals surface area contributed by atoms with Gasteiger partial charge >= 0.3 is 0 Å². The van der Waals surface area contributed by atoms with Gasteiger partial charge in [-0.1, -0.05) is 0 Å². The van der Waals surface area contributed by atoms with Crippen LogP contribution >= 0.6 is 0 Å². The van der Waals surface area contributed by atoms with Crippen LogP contribution in [0.1, 0.15) is 24.0 Å². The summed E-state index contributed by atoms with van der Waals surface area (Å²) in [6.07, 6.45) is 1.78. The first-order valence-corrected chi connectivity index (χ1v) is 7.88. The average molecular weight is 286 g/mol. The molecular formula is C13H19FN2O2S. The van der Waals surface area contributed by atoms with Gasteiger partial charge in [0.2, 0.25) is 10.0 Å². The van der Waals surface area contributed by atoms with Gasteiger partial charge in [0.05, 0.1) is 4.90 Å². The molecule has 1 aliphatic heterocycles. The summed E-state index contributed by atoms with van der Waals surface area (Å²) in [6, 6.07) is 2.41. The van der Waals surface area contributed by atoms with E-state index < -0.39 is 15.8 Å². The number of sulfonamides is 1. The van der Waals surface area contributed by atoms with E-state index in [1.807, 2.05) is 0 Å². The summed E-state index contributed by atoms with van der Waals surface area (Å²) in [5.74, 6) is -0.409. The highest BCUT2D eigenvalue weighted by atomic mass is 32.2. The predicted molar refractivity (Wildman–Crippen MR) is 72.1 cm³/mol. The van der Waals surface area contributed by atoms with Crippen molar-refractivity contribution in [2.75, 3.05) is 13.1 Å². The lowest BCUT2D eigenvalue weighted by Crippen LogP contribution is -2.45. The number of benzene rings is 1. The Hall–Kier alpha value is -0.980. The summed E-state index contributed by atoms with van der Waals surface area (Å²) in [5.41, 5.74) is 0.877. The largest absolute Gasteiger partial charge is 0.315 e. The Bertz CT molecular complexity index is 543. The summed E-state index contributed by atoms with van der Waals surface area (Å²) in [4.78, 5) is 0.194. The highest BCUT2D eigenvalue weighted by Gasteiger charge is 2.25. The molecular weight excluding hydrogens is 267 g/mol. The first-order valence-electron chi connectivity index (χ1n) is 6.40. The molecule has 2 N–H and O–H groups in total. The van der Waals surface area contributed by atoms with Gasteiger partial charge in [-0.25, -0.2) is 17.5 Å². The summed E-state index contributed by atoms with van der Waals surface area (Å²) < 4.78 is 40.7. The standard InChI is InChI=1S/C13H19FN2O2S/c1-9-6-11(14)7-10(2)13(9)19(17,18)16-12-4-3-5-15-8-12/h6-7,12,15-16H,3-5,8H2,1-2H3/t12-/m1/s1. The van der Waals surface area contributed by atoms with Crippen molar-refractivity contribution in [1.29, 1.82) is 0 Å². The Morgan fingerprint density at radius 1 is 1.32 bits per heavy atom. The molecule has 4 nitrogen and oxygen atoms in total. The van der Waals surface area contributed by atoms with Crippen LogP contribution in [-0.4, -0.2) is 27.5 Å². The maximum Gasteiger partial charge on any atom is 0.241 e. The Balaban J connectivity index is 2.29. The molecule has 0 radical (unpaired) electrons. The van der Waals surface area contributed by atoms with Crippen LogP contribution in [0.25, 0.3) is 0 Å². The molecule has 0 saturated carbocycles. The quantitative estimate of drug-likeness (QED) is 0.885. The summed E-state index contributed by atoms with van der Waals surface area (Å²) >= 11 is 0. The van der Waals surface area contributed by atoms with Crippen LogP contribution in [-0.2, 0) is 10.0 Å². The highest BCUT2D eigenvalue weighted by Crippen LogP contribution is 2.22. The van der Waals surface area contributed by atoms with E-state index in [-0.39, 0.29) is 10.9 Å². The molecule has 1 aliphatic rings. The number of aryl methyl sites for hydroxylation is 2. The van der Waals surface area contributed by atoms with Crippen molar-refractivity contribution in [3.8, 4) is 0 Å². The maximum atomic E-state index is 13.2. The fourth-order valence-corrected chi connectivity index (χ4v) is 4.28. The Labute approximate surface area is 113 Å². The molecule has 6 heteroatoms. The monoisotopic (exact) mass is 286 g/mol. The summed E-state index contributed by atoms with van der Waals surface area (Å²) in [6.45, 7) is 4.79. The van der Waals surface area contributed by atoms with Gasteiger partial charge in [0.15, 0.2) is 0 Å². The van der Waals surface area contributed by atoms with Crippen LogP contribution in [0.15, 0.2) is 17.0 Å². The van der Waals surface area contributed by atoms with Crippen LogP contribution < -0.4 is 10.0 Å². The topological polar surface area (TPSA) is 58.2 Å². The zero-order valence-corrected chi connectivity index (χ0v) is 12.0. The van der Waals surface area contributed by atoms with Crippen LogP contribution in [0.3, 0.4) is 0 Å². The molecule has 106 valence electrons. The van der Waals surface area contributed by atoms with E-state index in [0.29, 0.717) is 17.7 Å². The van der Waals surface area contributed by atoms with Crippen LogP contribution in [0.5, 0.6) is 0 Å². The third-order valence-corrected chi connectivity index (χ3v) is 5.14. The molecule has 19 heavy (non-hydrogen) atoms. The Morgan fingerprint density at radius 3 is 2.47 bits per heavy atom. The van der Waals surface area contributed by atoms with E-state index in [1.165, 1.54) is 12.1 Å². The number of hydrogen-bond acceptors (Lipinski definition) is 3. The molecule has 1 aromatic carbocycles. The second kappa shape index (κ2) is 5.56. The lowest BCUT2D eigenvalue weighted by molar-refractivity contribution is 0.428. The molecule has 1 aromatic rings. The zero-order chi connectivity index (χ0) is 14.0. The molecule has 0 aliphatic carbocycles. The van der Waals surface area contributed by atoms with Gasteiger partial charge in [-0.15, -0.1) is 0 Å². The molecule has 0 spiro atoms. The molecule has 1 heterocycles. The van der Waals surface area contributed by atoms with Gasteiger partial charge in [0, 0.05) is 12.6 Å². The first kappa shape index (κ1) is 14.4. The van der Waals surface area contributed by atoms with Gasteiger partial charge in [-0.05, 0) is 56.5 Å². The Kier molecular flexibility index (Phi) is 4.23. The van der Waals surface area contributed by atoms with Crippen molar-refractivity contribution < 1.29 is 12.8 Å². The third-order valence-electron chi connectivity index (χ3n) is 3.31. The number of rotatable bonds is 3. The molecule has 1 saturated heterocycles.